The molecule has 1 aliphatic carbocycles. The van der Waals surface area contributed by atoms with Crippen molar-refractivity contribution in [3.63, 3.8) is 0 Å². The number of piperidine rings is 1. The van der Waals surface area contributed by atoms with Crippen molar-refractivity contribution in [2.45, 2.75) is 44.6 Å². The average molecular weight is 276 g/mol. The SMILES string of the molecule is CNc1nc(C2CC2)nc(N2CCCC(OC)C2)c1C. The van der Waals surface area contributed by atoms with Crippen LogP contribution in [0, 0.1) is 6.92 Å². The predicted molar refractivity (Wildman–Crippen MR) is 80.5 cm³/mol. The largest absolute Gasteiger partial charge is 0.380 e. The molecule has 1 saturated carbocycles. The van der Waals surface area contributed by atoms with E-state index >= 15 is 0 Å². The van der Waals surface area contributed by atoms with Crippen molar-refractivity contribution in [1.29, 1.82) is 0 Å². The minimum absolute atomic E-state index is 0.320. The molecule has 20 heavy (non-hydrogen) atoms. The molecule has 2 fully saturated rings. The Labute approximate surface area is 120 Å². The predicted octanol–water partition coefficient (Wildman–Crippen LogP) is 2.32. The minimum Gasteiger partial charge on any atom is -0.380 e. The Morgan fingerprint density at radius 2 is 2.05 bits per heavy atom. The van der Waals surface area contributed by atoms with Gasteiger partial charge in [0.05, 0.1) is 6.10 Å². The average Bonchev–Trinajstić information content (AvgIpc) is 3.32. The zero-order valence-corrected chi connectivity index (χ0v) is 12.6. The van der Waals surface area contributed by atoms with Crippen molar-refractivity contribution in [2.75, 3.05) is 37.5 Å². The monoisotopic (exact) mass is 276 g/mol. The molecule has 0 aromatic carbocycles. The molecule has 3 rings (SSSR count). The molecule has 2 aliphatic rings. The van der Waals surface area contributed by atoms with Crippen molar-refractivity contribution in [3.8, 4) is 0 Å². The Morgan fingerprint density at radius 1 is 1.25 bits per heavy atom. The Morgan fingerprint density at radius 3 is 2.70 bits per heavy atom. The first-order valence-corrected chi connectivity index (χ1v) is 7.57. The first-order valence-electron chi connectivity index (χ1n) is 7.57. The topological polar surface area (TPSA) is 50.3 Å². The van der Waals surface area contributed by atoms with E-state index in [1.807, 2.05) is 7.05 Å². The highest BCUT2D eigenvalue weighted by Crippen LogP contribution is 2.40. The van der Waals surface area contributed by atoms with Crippen LogP contribution in [-0.4, -0.2) is 43.3 Å². The summed E-state index contributed by atoms with van der Waals surface area (Å²) in [6.07, 6.45) is 5.08. The van der Waals surface area contributed by atoms with E-state index in [1.165, 1.54) is 12.8 Å². The molecule has 5 heteroatoms. The molecular formula is C15H24N4O. The summed E-state index contributed by atoms with van der Waals surface area (Å²) >= 11 is 0. The molecule has 0 spiro atoms. The van der Waals surface area contributed by atoms with Crippen molar-refractivity contribution in [2.24, 2.45) is 0 Å². The summed E-state index contributed by atoms with van der Waals surface area (Å²) in [7, 11) is 3.74. The first kappa shape index (κ1) is 13.6. The number of methoxy groups -OCH3 is 1. The Bertz CT molecular complexity index is 487. The van der Waals surface area contributed by atoms with Crippen LogP contribution in [0.2, 0.25) is 0 Å². The third-order valence-electron chi connectivity index (χ3n) is 4.33. The molecule has 1 unspecified atom stereocenters. The standard InChI is InChI=1S/C15H24N4O/c1-10-13(16-2)17-14(11-6-7-11)18-15(10)19-8-4-5-12(9-19)20-3/h11-12H,4-9H2,1-3H3,(H,16,17,18). The molecule has 1 atom stereocenters. The highest BCUT2D eigenvalue weighted by Gasteiger charge is 2.30. The lowest BCUT2D eigenvalue weighted by Crippen LogP contribution is -2.40. The summed E-state index contributed by atoms with van der Waals surface area (Å²) in [5.74, 6) is 3.64. The number of hydrogen-bond acceptors (Lipinski definition) is 5. The number of hydrogen-bond donors (Lipinski definition) is 1. The number of ether oxygens (including phenoxy) is 1. The second-order valence-electron chi connectivity index (χ2n) is 5.85. The van der Waals surface area contributed by atoms with Crippen molar-refractivity contribution >= 4 is 11.6 Å². The number of nitrogens with one attached hydrogen (secondary N) is 1. The van der Waals surface area contributed by atoms with Gasteiger partial charge >= 0.3 is 0 Å². The lowest BCUT2D eigenvalue weighted by molar-refractivity contribution is 0.0891. The van der Waals surface area contributed by atoms with E-state index in [-0.39, 0.29) is 0 Å². The highest BCUT2D eigenvalue weighted by atomic mass is 16.5. The number of nitrogens with zero attached hydrogens (tertiary/aromatic N) is 3. The van der Waals surface area contributed by atoms with Gasteiger partial charge in [0, 0.05) is 38.7 Å². The maximum absolute atomic E-state index is 5.53. The Kier molecular flexibility index (Phi) is 3.78. The van der Waals surface area contributed by atoms with E-state index in [4.69, 9.17) is 9.72 Å². The molecular weight excluding hydrogens is 252 g/mol. The molecule has 1 aliphatic heterocycles. The molecule has 0 radical (unpaired) electrons. The van der Waals surface area contributed by atoms with Crippen LogP contribution in [0.3, 0.4) is 0 Å². The molecule has 2 heterocycles. The molecule has 0 amide bonds. The van der Waals surface area contributed by atoms with Gasteiger partial charge in [0.1, 0.15) is 17.5 Å². The fourth-order valence-electron chi connectivity index (χ4n) is 2.92. The molecule has 1 aromatic rings. The van der Waals surface area contributed by atoms with Gasteiger partial charge in [-0.15, -0.1) is 0 Å². The van der Waals surface area contributed by atoms with Gasteiger partial charge in [0.25, 0.3) is 0 Å². The van der Waals surface area contributed by atoms with Crippen LogP contribution in [0.1, 0.15) is 43.0 Å². The second-order valence-corrected chi connectivity index (χ2v) is 5.85. The summed E-state index contributed by atoms with van der Waals surface area (Å²) < 4.78 is 5.53. The number of rotatable bonds is 4. The van der Waals surface area contributed by atoms with Crippen LogP contribution in [0.5, 0.6) is 0 Å². The fourth-order valence-corrected chi connectivity index (χ4v) is 2.92. The maximum Gasteiger partial charge on any atom is 0.137 e. The van der Waals surface area contributed by atoms with E-state index < -0.39 is 0 Å². The van der Waals surface area contributed by atoms with Gasteiger partial charge in [-0.1, -0.05) is 0 Å². The zero-order valence-electron chi connectivity index (χ0n) is 12.6. The highest BCUT2D eigenvalue weighted by molar-refractivity contribution is 5.59. The smallest absolute Gasteiger partial charge is 0.137 e. The Hall–Kier alpha value is -1.36. The normalized spacial score (nSPS) is 22.9. The van der Waals surface area contributed by atoms with Crippen molar-refractivity contribution < 1.29 is 4.74 Å². The van der Waals surface area contributed by atoms with Gasteiger partial charge in [0.15, 0.2) is 0 Å². The van der Waals surface area contributed by atoms with Crippen LogP contribution < -0.4 is 10.2 Å². The van der Waals surface area contributed by atoms with E-state index in [9.17, 15) is 0 Å². The van der Waals surface area contributed by atoms with E-state index in [2.05, 4.69) is 22.1 Å². The van der Waals surface area contributed by atoms with Crippen molar-refractivity contribution in [1.82, 2.24) is 9.97 Å². The maximum atomic E-state index is 5.53. The second kappa shape index (κ2) is 5.56. The minimum atomic E-state index is 0.320. The summed E-state index contributed by atoms with van der Waals surface area (Å²) in [6.45, 7) is 4.10. The van der Waals surface area contributed by atoms with E-state index in [1.54, 1.807) is 7.11 Å². The van der Waals surface area contributed by atoms with Crippen LogP contribution in [0.15, 0.2) is 0 Å². The zero-order chi connectivity index (χ0) is 14.1. The van der Waals surface area contributed by atoms with E-state index in [0.717, 1.165) is 49.0 Å². The lowest BCUT2D eigenvalue weighted by Gasteiger charge is -2.34. The summed E-state index contributed by atoms with van der Waals surface area (Å²) in [5.41, 5.74) is 1.15. The van der Waals surface area contributed by atoms with Gasteiger partial charge in [-0.2, -0.15) is 0 Å². The number of aromatic nitrogens is 2. The number of anilines is 2. The van der Waals surface area contributed by atoms with Gasteiger partial charge in [-0.3, -0.25) is 0 Å². The molecule has 1 aromatic heterocycles. The van der Waals surface area contributed by atoms with Gasteiger partial charge in [-0.25, -0.2) is 9.97 Å². The van der Waals surface area contributed by atoms with Gasteiger partial charge < -0.3 is 15.0 Å². The summed E-state index contributed by atoms with van der Waals surface area (Å²) in [5, 5.41) is 3.21. The van der Waals surface area contributed by atoms with Crippen molar-refractivity contribution in [3.05, 3.63) is 11.4 Å². The molecule has 5 nitrogen and oxygen atoms in total. The third-order valence-corrected chi connectivity index (χ3v) is 4.33. The Balaban J connectivity index is 1.92. The third kappa shape index (κ3) is 2.59. The van der Waals surface area contributed by atoms with Crippen LogP contribution >= 0.6 is 0 Å². The molecule has 1 saturated heterocycles. The first-order chi connectivity index (χ1) is 9.72. The molecule has 0 bridgehead atoms. The van der Waals surface area contributed by atoms with Crippen LogP contribution in [0.25, 0.3) is 0 Å². The molecule has 1 N–H and O–H groups in total. The molecule has 110 valence electrons. The van der Waals surface area contributed by atoms with Gasteiger partial charge in [0.2, 0.25) is 0 Å². The fraction of sp³-hybridized carbons (Fsp3) is 0.733. The van der Waals surface area contributed by atoms with Crippen LogP contribution in [-0.2, 0) is 4.74 Å². The van der Waals surface area contributed by atoms with E-state index in [0.29, 0.717) is 12.0 Å². The quantitative estimate of drug-likeness (QED) is 0.914. The van der Waals surface area contributed by atoms with Gasteiger partial charge in [-0.05, 0) is 32.6 Å². The van der Waals surface area contributed by atoms with Crippen LogP contribution in [0.4, 0.5) is 11.6 Å². The summed E-state index contributed by atoms with van der Waals surface area (Å²) in [4.78, 5) is 11.9. The summed E-state index contributed by atoms with van der Waals surface area (Å²) in [6, 6.07) is 0. The lowest BCUT2D eigenvalue weighted by atomic mass is 10.1.